The number of hydrogen-bond acceptors (Lipinski definition) is 3. The monoisotopic (exact) mass is 436 g/mol. The number of rotatable bonds is 9. The molecular weight excluding hydrogens is 405 g/mol. The molecule has 31 heavy (non-hydrogen) atoms. The van der Waals surface area contributed by atoms with Crippen molar-refractivity contribution < 1.29 is 22.7 Å². The molecule has 170 valence electrons. The maximum Gasteiger partial charge on any atom is 0.409 e. The molecule has 0 unspecified atom stereocenters. The molecule has 1 N–H and O–H groups in total. The zero-order chi connectivity index (χ0) is 22.6. The van der Waals surface area contributed by atoms with Crippen LogP contribution in [0.2, 0.25) is 0 Å². The lowest BCUT2D eigenvalue weighted by Crippen LogP contribution is -2.51. The number of nitrogens with zero attached hydrogens (tertiary/aromatic N) is 1. The van der Waals surface area contributed by atoms with Gasteiger partial charge < -0.3 is 4.74 Å². The molecule has 1 atom stereocenters. The van der Waals surface area contributed by atoms with Gasteiger partial charge in [0.25, 0.3) is 0 Å². The third-order valence-corrected chi connectivity index (χ3v) is 5.78. The highest BCUT2D eigenvalue weighted by molar-refractivity contribution is 5.91. The molecule has 1 amide bonds. The third kappa shape index (κ3) is 5.32. The van der Waals surface area contributed by atoms with Gasteiger partial charge in [-0.15, -0.1) is 0 Å². The van der Waals surface area contributed by atoms with E-state index in [1.165, 1.54) is 18.9 Å². The van der Waals surface area contributed by atoms with Crippen molar-refractivity contribution in [2.75, 3.05) is 6.61 Å². The number of nitrogens with one attached hydrogen (secondary N) is 1. The summed E-state index contributed by atoms with van der Waals surface area (Å²) in [5.74, 6) is 0.173. The SMILES string of the molecule is CCCCCCCOc1ccc([C@H](N2NC(=O)CC2(C)C)C(F)(F)F)c2ccccc12. The lowest BCUT2D eigenvalue weighted by Gasteiger charge is -2.38. The van der Waals surface area contributed by atoms with Gasteiger partial charge in [-0.3, -0.25) is 10.2 Å². The maximum absolute atomic E-state index is 14.3. The van der Waals surface area contributed by atoms with E-state index >= 15 is 0 Å². The van der Waals surface area contributed by atoms with Gasteiger partial charge in [-0.1, -0.05) is 62.9 Å². The van der Waals surface area contributed by atoms with Crippen molar-refractivity contribution in [3.05, 3.63) is 42.0 Å². The average Bonchev–Trinajstić information content (AvgIpc) is 2.96. The predicted molar refractivity (Wildman–Crippen MR) is 116 cm³/mol. The fourth-order valence-electron chi connectivity index (χ4n) is 4.23. The van der Waals surface area contributed by atoms with E-state index in [-0.39, 0.29) is 12.0 Å². The fourth-order valence-corrected chi connectivity index (χ4v) is 4.23. The Kier molecular flexibility index (Phi) is 7.14. The summed E-state index contributed by atoms with van der Waals surface area (Å²) in [6, 6.07) is 8.13. The van der Waals surface area contributed by atoms with Gasteiger partial charge in [-0.25, -0.2) is 0 Å². The first-order valence-electron chi connectivity index (χ1n) is 10.9. The summed E-state index contributed by atoms with van der Waals surface area (Å²) < 4.78 is 48.8. The largest absolute Gasteiger partial charge is 0.493 e. The van der Waals surface area contributed by atoms with Crippen LogP contribution in [-0.2, 0) is 4.79 Å². The van der Waals surface area contributed by atoms with Crippen LogP contribution in [0.5, 0.6) is 5.75 Å². The second kappa shape index (κ2) is 9.47. The molecular formula is C24H31F3N2O2. The molecule has 1 saturated heterocycles. The normalized spacial score (nSPS) is 17.7. The van der Waals surface area contributed by atoms with E-state index in [9.17, 15) is 18.0 Å². The van der Waals surface area contributed by atoms with Crippen LogP contribution in [0.15, 0.2) is 36.4 Å². The van der Waals surface area contributed by atoms with Gasteiger partial charge in [0.05, 0.1) is 6.61 Å². The average molecular weight is 437 g/mol. The highest BCUT2D eigenvalue weighted by atomic mass is 19.4. The zero-order valence-electron chi connectivity index (χ0n) is 18.4. The maximum atomic E-state index is 14.3. The number of unbranched alkanes of at least 4 members (excludes halogenated alkanes) is 4. The predicted octanol–water partition coefficient (Wildman–Crippen LogP) is 6.31. The molecule has 2 aromatic rings. The molecule has 1 fully saturated rings. The zero-order valence-corrected chi connectivity index (χ0v) is 18.4. The first-order chi connectivity index (χ1) is 14.6. The van der Waals surface area contributed by atoms with Crippen LogP contribution in [0.3, 0.4) is 0 Å². The molecule has 7 heteroatoms. The Morgan fingerprint density at radius 1 is 1.06 bits per heavy atom. The Labute approximate surface area is 181 Å². The van der Waals surface area contributed by atoms with Crippen molar-refractivity contribution in [3.8, 4) is 5.75 Å². The van der Waals surface area contributed by atoms with E-state index in [0.29, 0.717) is 23.1 Å². The standard InChI is InChI=1S/C24H31F3N2O2/c1-4-5-6-7-10-15-31-20-14-13-19(17-11-8-9-12-18(17)20)22(24(25,26)27)29-23(2,3)16-21(30)28-29/h8-9,11-14,22H,4-7,10,15-16H2,1-3H3,(H,28,30)/t22-/m0/s1. The van der Waals surface area contributed by atoms with E-state index in [4.69, 9.17) is 4.74 Å². The van der Waals surface area contributed by atoms with Crippen LogP contribution in [0, 0.1) is 0 Å². The fraction of sp³-hybridized carbons (Fsp3) is 0.542. The summed E-state index contributed by atoms with van der Waals surface area (Å²) in [4.78, 5) is 11.9. The smallest absolute Gasteiger partial charge is 0.409 e. The second-order valence-corrected chi connectivity index (χ2v) is 8.80. The van der Waals surface area contributed by atoms with Crippen molar-refractivity contribution in [3.63, 3.8) is 0 Å². The highest BCUT2D eigenvalue weighted by Crippen LogP contribution is 2.45. The number of carbonyl (C=O) groups is 1. The van der Waals surface area contributed by atoms with Gasteiger partial charge in [-0.2, -0.15) is 18.2 Å². The molecule has 3 rings (SSSR count). The minimum Gasteiger partial charge on any atom is -0.493 e. The van der Waals surface area contributed by atoms with E-state index in [1.807, 2.05) is 0 Å². The Morgan fingerprint density at radius 2 is 1.74 bits per heavy atom. The van der Waals surface area contributed by atoms with Gasteiger partial charge >= 0.3 is 6.18 Å². The van der Waals surface area contributed by atoms with Gasteiger partial charge in [0.15, 0.2) is 6.04 Å². The summed E-state index contributed by atoms with van der Waals surface area (Å²) >= 11 is 0. The van der Waals surface area contributed by atoms with Crippen LogP contribution in [0.1, 0.15) is 70.9 Å². The van der Waals surface area contributed by atoms with Crippen LogP contribution in [-0.4, -0.2) is 29.2 Å². The summed E-state index contributed by atoms with van der Waals surface area (Å²) in [5.41, 5.74) is 1.57. The molecule has 0 bridgehead atoms. The lowest BCUT2D eigenvalue weighted by molar-refractivity contribution is -0.203. The first-order valence-corrected chi connectivity index (χ1v) is 10.9. The molecule has 0 saturated carbocycles. The van der Waals surface area contributed by atoms with E-state index in [0.717, 1.165) is 24.3 Å². The molecule has 1 aliphatic rings. The van der Waals surface area contributed by atoms with E-state index < -0.39 is 23.7 Å². The van der Waals surface area contributed by atoms with Crippen LogP contribution in [0.25, 0.3) is 10.8 Å². The number of ether oxygens (including phenoxy) is 1. The summed E-state index contributed by atoms with van der Waals surface area (Å²) in [6.07, 6.45) is 0.945. The number of fused-ring (bicyclic) bond motifs is 1. The van der Waals surface area contributed by atoms with Gasteiger partial charge in [0.2, 0.25) is 5.91 Å². The van der Waals surface area contributed by atoms with Gasteiger partial charge in [0, 0.05) is 17.3 Å². The van der Waals surface area contributed by atoms with Crippen molar-refractivity contribution in [2.45, 2.75) is 77.1 Å². The topological polar surface area (TPSA) is 41.6 Å². The summed E-state index contributed by atoms with van der Waals surface area (Å²) in [7, 11) is 0. The number of alkyl halides is 3. The van der Waals surface area contributed by atoms with Gasteiger partial charge in [0.1, 0.15) is 5.75 Å². The Hall–Kier alpha value is -2.28. The Balaban J connectivity index is 1.93. The highest BCUT2D eigenvalue weighted by Gasteiger charge is 2.53. The molecule has 1 heterocycles. The van der Waals surface area contributed by atoms with Crippen LogP contribution >= 0.6 is 0 Å². The molecule has 1 aliphatic heterocycles. The molecule has 2 aromatic carbocycles. The molecule has 0 radical (unpaired) electrons. The minimum atomic E-state index is -4.57. The molecule has 0 spiro atoms. The van der Waals surface area contributed by atoms with Crippen molar-refractivity contribution >= 4 is 16.7 Å². The first kappa shape index (κ1) is 23.4. The third-order valence-electron chi connectivity index (χ3n) is 5.78. The van der Waals surface area contributed by atoms with Crippen molar-refractivity contribution in [2.24, 2.45) is 0 Å². The van der Waals surface area contributed by atoms with Crippen LogP contribution in [0.4, 0.5) is 13.2 Å². The number of benzene rings is 2. The quantitative estimate of drug-likeness (QED) is 0.469. The number of amides is 1. The van der Waals surface area contributed by atoms with E-state index in [2.05, 4.69) is 12.3 Å². The number of carbonyl (C=O) groups excluding carboxylic acids is 1. The summed E-state index contributed by atoms with van der Waals surface area (Å²) in [5, 5.41) is 2.17. The number of halogens is 3. The van der Waals surface area contributed by atoms with E-state index in [1.54, 1.807) is 44.2 Å². The van der Waals surface area contributed by atoms with Crippen molar-refractivity contribution in [1.82, 2.24) is 10.4 Å². The lowest BCUT2D eigenvalue weighted by atomic mass is 9.93. The van der Waals surface area contributed by atoms with Gasteiger partial charge in [-0.05, 0) is 37.3 Å². The minimum absolute atomic E-state index is 0.0107. The Morgan fingerprint density at radius 3 is 2.35 bits per heavy atom. The Bertz CT molecular complexity index is 911. The molecule has 4 nitrogen and oxygen atoms in total. The van der Waals surface area contributed by atoms with Crippen molar-refractivity contribution in [1.29, 1.82) is 0 Å². The second-order valence-electron chi connectivity index (χ2n) is 8.80. The molecule has 0 aromatic heterocycles. The summed E-state index contributed by atoms with van der Waals surface area (Å²) in [6.45, 7) is 5.97. The number of hydrogen-bond donors (Lipinski definition) is 1. The van der Waals surface area contributed by atoms with Crippen LogP contribution < -0.4 is 10.2 Å². The molecule has 0 aliphatic carbocycles. The number of hydrazine groups is 1.